The largest absolute Gasteiger partial charge is 0.294 e. The predicted molar refractivity (Wildman–Crippen MR) is 61.6 cm³/mol. The van der Waals surface area contributed by atoms with Crippen LogP contribution < -0.4 is 0 Å². The lowest BCUT2D eigenvalue weighted by atomic mass is 10.1. The number of hydrogen-bond acceptors (Lipinski definition) is 3. The van der Waals surface area contributed by atoms with Crippen molar-refractivity contribution in [1.29, 1.82) is 0 Å². The summed E-state index contributed by atoms with van der Waals surface area (Å²) < 4.78 is 13.5. The summed E-state index contributed by atoms with van der Waals surface area (Å²) in [5.74, 6) is -0.942. The summed E-state index contributed by atoms with van der Waals surface area (Å²) in [5, 5.41) is -0.0323. The number of Topliss-reactive ketones (excluding diaryl/α,β-unsaturated/α-hetero) is 1. The maximum absolute atomic E-state index is 13.5. The quantitative estimate of drug-likeness (QED) is 0.787. The fourth-order valence-corrected chi connectivity index (χ4v) is 2.07. The van der Waals surface area contributed by atoms with E-state index in [4.69, 9.17) is 11.6 Å². The van der Waals surface area contributed by atoms with Gasteiger partial charge in [-0.1, -0.05) is 17.7 Å². The van der Waals surface area contributed by atoms with Crippen LogP contribution in [0.25, 0.3) is 0 Å². The van der Waals surface area contributed by atoms with Gasteiger partial charge in [-0.3, -0.25) is 9.78 Å². The highest BCUT2D eigenvalue weighted by Crippen LogP contribution is 2.20. The zero-order chi connectivity index (χ0) is 11.5. The first-order valence-electron chi connectivity index (χ1n) is 4.53. The lowest BCUT2D eigenvalue weighted by molar-refractivity contribution is 0.0990. The van der Waals surface area contributed by atoms with Gasteiger partial charge < -0.3 is 0 Å². The number of carbonyl (C=O) groups excluding carboxylic acids is 1. The molecule has 1 aromatic carbocycles. The van der Waals surface area contributed by atoms with Crippen molar-refractivity contribution in [2.75, 3.05) is 0 Å². The van der Waals surface area contributed by atoms with Crippen molar-refractivity contribution >= 4 is 28.7 Å². The number of aromatic nitrogens is 1. The zero-order valence-corrected chi connectivity index (χ0v) is 9.69. The second kappa shape index (κ2) is 4.72. The van der Waals surface area contributed by atoms with E-state index in [0.717, 1.165) is 4.88 Å². The van der Waals surface area contributed by atoms with Crippen LogP contribution in [0, 0.1) is 5.82 Å². The van der Waals surface area contributed by atoms with Crippen molar-refractivity contribution in [3.05, 3.63) is 51.2 Å². The second-order valence-electron chi connectivity index (χ2n) is 3.17. The van der Waals surface area contributed by atoms with Gasteiger partial charge in [0.05, 0.1) is 16.1 Å². The van der Waals surface area contributed by atoms with Crippen LogP contribution in [0.2, 0.25) is 5.02 Å². The highest BCUT2D eigenvalue weighted by Gasteiger charge is 2.14. The number of ketones is 1. The van der Waals surface area contributed by atoms with Crippen LogP contribution in [0.15, 0.2) is 29.9 Å². The van der Waals surface area contributed by atoms with Crippen LogP contribution in [0.4, 0.5) is 4.39 Å². The Labute approximate surface area is 101 Å². The Morgan fingerprint density at radius 2 is 2.31 bits per heavy atom. The van der Waals surface area contributed by atoms with Crippen LogP contribution in [0.3, 0.4) is 0 Å². The first-order chi connectivity index (χ1) is 7.68. The molecule has 0 aliphatic carbocycles. The van der Waals surface area contributed by atoms with Gasteiger partial charge in [0.1, 0.15) is 0 Å². The maximum Gasteiger partial charge on any atom is 0.171 e. The third-order valence-corrected chi connectivity index (χ3v) is 3.14. The van der Waals surface area contributed by atoms with Crippen molar-refractivity contribution in [3.8, 4) is 0 Å². The lowest BCUT2D eigenvalue weighted by Crippen LogP contribution is -2.05. The summed E-state index contributed by atoms with van der Waals surface area (Å²) in [6.45, 7) is 0. The van der Waals surface area contributed by atoms with Crippen LogP contribution in [0.5, 0.6) is 0 Å². The molecule has 2 rings (SSSR count). The van der Waals surface area contributed by atoms with Crippen molar-refractivity contribution in [2.24, 2.45) is 0 Å². The smallest absolute Gasteiger partial charge is 0.171 e. The summed E-state index contributed by atoms with van der Waals surface area (Å²) in [4.78, 5) is 16.4. The van der Waals surface area contributed by atoms with Gasteiger partial charge in [0, 0.05) is 17.5 Å². The molecule has 5 heteroatoms. The molecule has 0 atom stereocenters. The number of nitrogens with zero attached hydrogens (tertiary/aromatic N) is 1. The molecule has 0 spiro atoms. The van der Waals surface area contributed by atoms with E-state index in [1.807, 2.05) is 0 Å². The molecule has 1 aromatic heterocycles. The molecule has 2 nitrogen and oxygen atoms in total. The van der Waals surface area contributed by atoms with Gasteiger partial charge in [0.2, 0.25) is 0 Å². The molecule has 2 aromatic rings. The van der Waals surface area contributed by atoms with E-state index < -0.39 is 5.82 Å². The Morgan fingerprint density at radius 3 is 3.00 bits per heavy atom. The minimum atomic E-state index is -0.654. The van der Waals surface area contributed by atoms with Gasteiger partial charge in [0.25, 0.3) is 0 Å². The van der Waals surface area contributed by atoms with Crippen LogP contribution >= 0.6 is 22.9 Å². The van der Waals surface area contributed by atoms with Gasteiger partial charge in [-0.2, -0.15) is 0 Å². The highest BCUT2D eigenvalue weighted by molar-refractivity contribution is 7.09. The summed E-state index contributed by atoms with van der Waals surface area (Å²) in [6.07, 6.45) is 1.76. The molecular weight excluding hydrogens is 249 g/mol. The second-order valence-corrected chi connectivity index (χ2v) is 4.55. The monoisotopic (exact) mass is 255 g/mol. The first kappa shape index (κ1) is 11.2. The molecule has 82 valence electrons. The topological polar surface area (TPSA) is 30.0 Å². The average molecular weight is 256 g/mol. The Morgan fingerprint density at radius 1 is 1.50 bits per heavy atom. The van der Waals surface area contributed by atoms with E-state index in [1.165, 1.54) is 23.5 Å². The van der Waals surface area contributed by atoms with Gasteiger partial charge in [0.15, 0.2) is 11.6 Å². The number of hydrogen-bond donors (Lipinski definition) is 0. The number of thiazole rings is 1. The maximum atomic E-state index is 13.5. The third kappa shape index (κ3) is 2.28. The van der Waals surface area contributed by atoms with E-state index in [2.05, 4.69) is 4.98 Å². The normalized spacial score (nSPS) is 10.4. The predicted octanol–water partition coefficient (Wildman–Crippen LogP) is 3.36. The number of carbonyl (C=O) groups is 1. The fraction of sp³-hybridized carbons (Fsp3) is 0.0909. The molecule has 1 heterocycles. The summed E-state index contributed by atoms with van der Waals surface area (Å²) in [7, 11) is 0. The van der Waals surface area contributed by atoms with E-state index in [0.29, 0.717) is 0 Å². The van der Waals surface area contributed by atoms with E-state index in [1.54, 1.807) is 17.8 Å². The molecule has 0 aliphatic rings. The molecule has 0 fully saturated rings. The van der Waals surface area contributed by atoms with Gasteiger partial charge >= 0.3 is 0 Å². The highest BCUT2D eigenvalue weighted by atomic mass is 35.5. The number of halogens is 2. The summed E-state index contributed by atoms with van der Waals surface area (Å²) in [5.41, 5.74) is 1.66. The Balaban J connectivity index is 2.24. The van der Waals surface area contributed by atoms with E-state index >= 15 is 0 Å². The molecular formula is C11H7ClFNOS. The Hall–Kier alpha value is -1.26. The number of benzene rings is 1. The fourth-order valence-electron chi connectivity index (χ4n) is 1.30. The minimum absolute atomic E-state index is 0.0286. The van der Waals surface area contributed by atoms with Crippen LogP contribution in [-0.4, -0.2) is 10.8 Å². The van der Waals surface area contributed by atoms with E-state index in [9.17, 15) is 9.18 Å². The SMILES string of the molecule is O=C(Cc1cncs1)c1cccc(Cl)c1F. The molecule has 0 amide bonds. The molecule has 0 bridgehead atoms. The van der Waals surface area contributed by atoms with Crippen molar-refractivity contribution in [2.45, 2.75) is 6.42 Å². The van der Waals surface area contributed by atoms with Crippen LogP contribution in [0.1, 0.15) is 15.2 Å². The molecule has 0 N–H and O–H groups in total. The average Bonchev–Trinajstić information content (AvgIpc) is 2.74. The Bertz CT molecular complexity index is 513. The minimum Gasteiger partial charge on any atom is -0.294 e. The summed E-state index contributed by atoms with van der Waals surface area (Å²) in [6, 6.07) is 4.41. The zero-order valence-electron chi connectivity index (χ0n) is 8.11. The standard InChI is InChI=1S/C11H7ClFNOS/c12-9-3-1-2-8(11(9)13)10(15)4-7-5-14-6-16-7/h1-3,5-6H,4H2. The molecule has 0 unspecified atom stereocenters. The van der Waals surface area contributed by atoms with Gasteiger partial charge in [-0.05, 0) is 12.1 Å². The van der Waals surface area contributed by atoms with Gasteiger partial charge in [-0.25, -0.2) is 4.39 Å². The third-order valence-electron chi connectivity index (χ3n) is 2.07. The summed E-state index contributed by atoms with van der Waals surface area (Å²) >= 11 is 6.97. The first-order valence-corrected chi connectivity index (χ1v) is 5.79. The number of rotatable bonds is 3. The molecule has 0 saturated carbocycles. The lowest BCUT2D eigenvalue weighted by Gasteiger charge is -2.02. The molecule has 0 saturated heterocycles. The Kier molecular flexibility index (Phi) is 3.31. The van der Waals surface area contributed by atoms with Crippen molar-refractivity contribution < 1.29 is 9.18 Å². The van der Waals surface area contributed by atoms with Crippen LogP contribution in [-0.2, 0) is 6.42 Å². The molecule has 16 heavy (non-hydrogen) atoms. The van der Waals surface area contributed by atoms with Crippen molar-refractivity contribution in [3.63, 3.8) is 0 Å². The molecule has 0 aliphatic heterocycles. The molecule has 0 radical (unpaired) electrons. The van der Waals surface area contributed by atoms with E-state index in [-0.39, 0.29) is 22.8 Å². The van der Waals surface area contributed by atoms with Gasteiger partial charge in [-0.15, -0.1) is 11.3 Å². The van der Waals surface area contributed by atoms with Crippen molar-refractivity contribution in [1.82, 2.24) is 4.98 Å².